The van der Waals surface area contributed by atoms with E-state index in [1.807, 2.05) is 0 Å². The minimum absolute atomic E-state index is 0.0341. The summed E-state index contributed by atoms with van der Waals surface area (Å²) >= 11 is 0. The van der Waals surface area contributed by atoms with E-state index in [1.165, 1.54) is 0 Å². The molecule has 1 unspecified atom stereocenters. The molecule has 1 aliphatic heterocycles. The second-order valence-corrected chi connectivity index (χ2v) is 7.43. The summed E-state index contributed by atoms with van der Waals surface area (Å²) in [4.78, 5) is 41.3. The summed E-state index contributed by atoms with van der Waals surface area (Å²) in [5, 5.41) is 1.62. The Morgan fingerprint density at radius 3 is 2.09 bits per heavy atom. The van der Waals surface area contributed by atoms with Gasteiger partial charge >= 0.3 is 6.09 Å². The van der Waals surface area contributed by atoms with Crippen LogP contribution in [-0.2, 0) is 23.9 Å². The third-order valence-corrected chi connectivity index (χ3v) is 2.89. The highest BCUT2D eigenvalue weighted by Gasteiger charge is 2.49. The Balaban J connectivity index is 3.21. The van der Waals surface area contributed by atoms with Gasteiger partial charge in [-0.15, -0.1) is 5.17 Å². The molecule has 1 fully saturated rings. The van der Waals surface area contributed by atoms with Crippen molar-refractivity contribution in [3.05, 3.63) is 0 Å². The van der Waals surface area contributed by atoms with Gasteiger partial charge in [0.15, 0.2) is 5.54 Å². The summed E-state index contributed by atoms with van der Waals surface area (Å²) < 4.78 is 10.6. The lowest BCUT2D eigenvalue weighted by atomic mass is 10.0. The average molecular weight is 330 g/mol. The molecule has 0 spiro atoms. The Morgan fingerprint density at radius 2 is 1.74 bits per heavy atom. The first-order chi connectivity index (χ1) is 10.4. The lowest BCUT2D eigenvalue weighted by Gasteiger charge is -2.42. The van der Waals surface area contributed by atoms with Crippen LogP contribution in [0.5, 0.6) is 0 Å². The lowest BCUT2D eigenvalue weighted by molar-refractivity contribution is -0.305. The molecule has 0 aliphatic carbocycles. The normalized spacial score (nSPS) is 21.7. The summed E-state index contributed by atoms with van der Waals surface area (Å²) in [5.41, 5.74) is -2.89. The smallest absolute Gasteiger partial charge is 0.432 e. The summed E-state index contributed by atoms with van der Waals surface area (Å²) in [7, 11) is 0. The number of hydrogen-bond acceptors (Lipinski definition) is 6. The Hall–Kier alpha value is -1.67. The van der Waals surface area contributed by atoms with Crippen LogP contribution in [0, 0.1) is 0 Å². The van der Waals surface area contributed by atoms with E-state index in [4.69, 9.17) is 14.3 Å². The minimum atomic E-state index is -1.34. The van der Waals surface area contributed by atoms with Gasteiger partial charge < -0.3 is 14.3 Å². The molecule has 0 aromatic heterocycles. The van der Waals surface area contributed by atoms with Gasteiger partial charge in [0.2, 0.25) is 0 Å². The zero-order valence-electron chi connectivity index (χ0n) is 14.6. The van der Waals surface area contributed by atoms with Crippen molar-refractivity contribution in [3.63, 3.8) is 0 Å². The maximum Gasteiger partial charge on any atom is 0.432 e. The van der Waals surface area contributed by atoms with Crippen molar-refractivity contribution < 1.29 is 28.7 Å². The van der Waals surface area contributed by atoms with Crippen LogP contribution in [-0.4, -0.2) is 58.9 Å². The van der Waals surface area contributed by atoms with Crippen molar-refractivity contribution in [3.8, 4) is 0 Å². The van der Waals surface area contributed by atoms with Gasteiger partial charge in [0.1, 0.15) is 11.9 Å². The Labute approximate surface area is 136 Å². The van der Waals surface area contributed by atoms with Crippen molar-refractivity contribution in [2.45, 2.75) is 64.7 Å². The van der Waals surface area contributed by atoms with Gasteiger partial charge in [0, 0.05) is 13.0 Å². The molecule has 1 heterocycles. The number of amides is 2. The van der Waals surface area contributed by atoms with E-state index in [1.54, 1.807) is 41.5 Å². The van der Waals surface area contributed by atoms with Crippen LogP contribution in [0.1, 0.15) is 48.0 Å². The fourth-order valence-corrected chi connectivity index (χ4v) is 2.03. The number of nitrogens with zero attached hydrogens (tertiary/aromatic N) is 2. The molecule has 0 bridgehead atoms. The van der Waals surface area contributed by atoms with Gasteiger partial charge in [-0.05, 0) is 41.5 Å². The molecule has 1 aliphatic rings. The second kappa shape index (κ2) is 6.84. The van der Waals surface area contributed by atoms with Crippen LogP contribution in [0.15, 0.2) is 0 Å². The second-order valence-electron chi connectivity index (χ2n) is 7.43. The number of hydrogen-bond donors (Lipinski definition) is 0. The van der Waals surface area contributed by atoms with Gasteiger partial charge in [-0.3, -0.25) is 4.79 Å². The molecule has 8 heteroatoms. The highest BCUT2D eigenvalue weighted by Crippen LogP contribution is 2.29. The largest absolute Gasteiger partial charge is 0.442 e. The van der Waals surface area contributed by atoms with Crippen molar-refractivity contribution in [1.29, 1.82) is 0 Å². The topological polar surface area (TPSA) is 85.4 Å². The van der Waals surface area contributed by atoms with Crippen LogP contribution in [0.4, 0.5) is 4.79 Å². The molecular formula is C15H26N2O6. The maximum absolute atomic E-state index is 12.6. The minimum Gasteiger partial charge on any atom is -0.442 e. The van der Waals surface area contributed by atoms with Crippen LogP contribution in [0.3, 0.4) is 0 Å². The molecule has 0 aromatic carbocycles. The summed E-state index contributed by atoms with van der Waals surface area (Å²) in [6.07, 6.45) is 0.310. The highest BCUT2D eigenvalue weighted by molar-refractivity contribution is 5.78. The summed E-state index contributed by atoms with van der Waals surface area (Å²) in [5.74, 6) is 0. The Kier molecular flexibility index (Phi) is 5.76. The predicted octanol–water partition coefficient (Wildman–Crippen LogP) is 1.69. The molecule has 0 aromatic rings. The van der Waals surface area contributed by atoms with Gasteiger partial charge in [-0.1, -0.05) is 0 Å². The number of rotatable bonds is 5. The molecule has 0 saturated carbocycles. The fourth-order valence-electron chi connectivity index (χ4n) is 2.03. The van der Waals surface area contributed by atoms with Gasteiger partial charge in [-0.2, -0.15) is 5.01 Å². The molecule has 0 radical (unpaired) electrons. The van der Waals surface area contributed by atoms with E-state index in [-0.39, 0.29) is 13.0 Å². The quantitative estimate of drug-likeness (QED) is 0.563. The number of hydroxylamine groups is 1. The first-order valence-corrected chi connectivity index (χ1v) is 7.45. The first kappa shape index (κ1) is 19.4. The number of carbonyl (C=O) groups excluding carboxylic acids is 3. The molecule has 2 amide bonds. The molecule has 1 atom stereocenters. The molecule has 132 valence electrons. The van der Waals surface area contributed by atoms with Crippen LogP contribution in [0.2, 0.25) is 0 Å². The first-order valence-electron chi connectivity index (χ1n) is 7.45. The van der Waals surface area contributed by atoms with Crippen LogP contribution < -0.4 is 0 Å². The van der Waals surface area contributed by atoms with Crippen molar-refractivity contribution in [1.82, 2.24) is 10.2 Å². The molecule has 8 nitrogen and oxygen atoms in total. The van der Waals surface area contributed by atoms with E-state index in [2.05, 4.69) is 0 Å². The third kappa shape index (κ3) is 5.18. The third-order valence-electron chi connectivity index (χ3n) is 2.89. The molecule has 0 N–H and O–H groups in total. The number of aldehydes is 1. The molecule has 1 saturated heterocycles. The summed E-state index contributed by atoms with van der Waals surface area (Å²) in [6.45, 7) is 10.5. The van der Waals surface area contributed by atoms with Crippen molar-refractivity contribution >= 4 is 18.8 Å². The van der Waals surface area contributed by atoms with Crippen LogP contribution >= 0.6 is 0 Å². The van der Waals surface area contributed by atoms with E-state index >= 15 is 0 Å². The van der Waals surface area contributed by atoms with E-state index in [9.17, 15) is 14.4 Å². The van der Waals surface area contributed by atoms with Crippen molar-refractivity contribution in [2.24, 2.45) is 0 Å². The van der Waals surface area contributed by atoms with E-state index in [0.29, 0.717) is 19.3 Å². The van der Waals surface area contributed by atoms with E-state index in [0.717, 1.165) is 10.2 Å². The fraction of sp³-hybridized carbons (Fsp3) is 0.800. The van der Waals surface area contributed by atoms with E-state index < -0.39 is 22.8 Å². The standard InChI is InChI=1S/C15H26N2O6/c1-13(2,3)22-12(20)17(15(9-18)7-8-21-10-15)16(11-19)23-14(4,5)6/h9,11H,7-8,10H2,1-6H3. The number of carbonyl (C=O) groups is 3. The molecule has 1 rings (SSSR count). The Morgan fingerprint density at radius 1 is 1.13 bits per heavy atom. The SMILES string of the molecule is CC(C)(C)OC(=O)N(N(C=O)OC(C)(C)C)C1(C=O)CCOC1. The van der Waals surface area contributed by atoms with Crippen LogP contribution in [0.25, 0.3) is 0 Å². The maximum atomic E-state index is 12.6. The molecule has 23 heavy (non-hydrogen) atoms. The van der Waals surface area contributed by atoms with Crippen molar-refractivity contribution in [2.75, 3.05) is 13.2 Å². The lowest BCUT2D eigenvalue weighted by Crippen LogP contribution is -2.63. The summed E-state index contributed by atoms with van der Waals surface area (Å²) in [6, 6.07) is 0. The van der Waals surface area contributed by atoms with Gasteiger partial charge in [0.25, 0.3) is 6.41 Å². The van der Waals surface area contributed by atoms with Gasteiger partial charge in [0.05, 0.1) is 12.2 Å². The zero-order valence-corrected chi connectivity index (χ0v) is 14.6. The number of ether oxygens (including phenoxy) is 2. The zero-order chi connectivity index (χ0) is 17.9. The average Bonchev–Trinajstić information content (AvgIpc) is 2.84. The monoisotopic (exact) mass is 330 g/mol. The Bertz CT molecular complexity index is 446. The van der Waals surface area contributed by atoms with Gasteiger partial charge in [-0.25, -0.2) is 9.63 Å². The highest BCUT2D eigenvalue weighted by atomic mass is 16.7. The number of hydrazine groups is 1. The predicted molar refractivity (Wildman–Crippen MR) is 81.0 cm³/mol. The molecular weight excluding hydrogens is 304 g/mol.